The highest BCUT2D eigenvalue weighted by Gasteiger charge is 2.11. The van der Waals surface area contributed by atoms with E-state index in [9.17, 15) is 0 Å². The van der Waals surface area contributed by atoms with Gasteiger partial charge in [-0.1, -0.05) is 29.8 Å². The first kappa shape index (κ1) is 12.2. The molecule has 0 bridgehead atoms. The number of aryl methyl sites for hydroxylation is 1. The molecule has 1 aromatic rings. The Morgan fingerprint density at radius 1 is 1.15 bits per heavy atom. The summed E-state index contributed by atoms with van der Waals surface area (Å²) in [5, 5.41) is 17.5. The van der Waals surface area contributed by atoms with Crippen molar-refractivity contribution in [2.75, 3.05) is 14.2 Å². The van der Waals surface area contributed by atoms with E-state index in [1.54, 1.807) is 26.4 Å². The fourth-order valence-corrected chi connectivity index (χ4v) is 0.876. The Balaban J connectivity index is 0.000000424. The second-order valence-electron chi connectivity index (χ2n) is 2.64. The third-order valence-electron chi connectivity index (χ3n) is 1.47. The molecule has 0 spiro atoms. The molecule has 3 nitrogen and oxygen atoms in total. The van der Waals surface area contributed by atoms with Gasteiger partial charge in [0.25, 0.3) is 0 Å². The Morgan fingerprint density at radius 2 is 1.62 bits per heavy atom. The predicted octanol–water partition coefficient (Wildman–Crippen LogP) is -0.0626. The molecule has 0 aromatic heterocycles. The first-order valence-electron chi connectivity index (χ1n) is 3.95. The fraction of sp³-hybridized carbons (Fsp3) is 0.333. The summed E-state index contributed by atoms with van der Waals surface area (Å²) in [5.74, 6) is 0. The van der Waals surface area contributed by atoms with Crippen molar-refractivity contribution in [3.05, 3.63) is 29.8 Å². The third kappa shape index (κ3) is 4.67. The lowest BCUT2D eigenvalue weighted by atomic mass is 9.77. The fourth-order valence-electron chi connectivity index (χ4n) is 0.876. The van der Waals surface area contributed by atoms with Gasteiger partial charge in [0.1, 0.15) is 0 Å². The van der Waals surface area contributed by atoms with Crippen molar-refractivity contribution in [2.24, 2.45) is 0 Å². The van der Waals surface area contributed by atoms with Crippen LogP contribution >= 0.6 is 0 Å². The number of rotatable bonds is 1. The summed E-state index contributed by atoms with van der Waals surface area (Å²) in [4.78, 5) is 0. The van der Waals surface area contributed by atoms with Gasteiger partial charge in [0.05, 0.1) is 0 Å². The van der Waals surface area contributed by atoms with Gasteiger partial charge in [0.15, 0.2) is 0 Å². The molecule has 13 heavy (non-hydrogen) atoms. The van der Waals surface area contributed by atoms with Crippen LogP contribution in [0.15, 0.2) is 24.3 Å². The summed E-state index contributed by atoms with van der Waals surface area (Å²) in [6.45, 7) is 1.84. The number of methoxy groups -OCH3 is 1. The van der Waals surface area contributed by atoms with E-state index in [4.69, 9.17) is 10.0 Å². The van der Waals surface area contributed by atoms with Gasteiger partial charge in [-0.3, -0.25) is 0 Å². The summed E-state index contributed by atoms with van der Waals surface area (Å²) in [7, 11) is 1.90. The van der Waals surface area contributed by atoms with E-state index in [1.807, 2.05) is 19.1 Å². The molecule has 0 amide bonds. The third-order valence-corrected chi connectivity index (χ3v) is 1.47. The lowest BCUT2D eigenvalue weighted by Crippen LogP contribution is -2.31. The van der Waals surface area contributed by atoms with Crippen molar-refractivity contribution in [3.8, 4) is 0 Å². The van der Waals surface area contributed by atoms with Gasteiger partial charge in [0, 0.05) is 14.2 Å². The largest absolute Gasteiger partial charge is 0.488 e. The molecule has 4 heteroatoms. The zero-order chi connectivity index (χ0) is 10.3. The second kappa shape index (κ2) is 6.66. The Labute approximate surface area is 79.1 Å². The van der Waals surface area contributed by atoms with E-state index < -0.39 is 7.12 Å². The van der Waals surface area contributed by atoms with Crippen molar-refractivity contribution >= 4 is 12.6 Å². The molecule has 1 aromatic carbocycles. The molecule has 0 saturated heterocycles. The molecule has 0 unspecified atom stereocenters. The molecular weight excluding hydrogens is 167 g/mol. The summed E-state index contributed by atoms with van der Waals surface area (Å²) in [6.07, 6.45) is 0. The maximum Gasteiger partial charge on any atom is 0.488 e. The Morgan fingerprint density at radius 3 is 1.92 bits per heavy atom. The Hall–Kier alpha value is -0.835. The molecule has 0 fully saturated rings. The lowest BCUT2D eigenvalue weighted by molar-refractivity contribution is 0.277. The average Bonchev–Trinajstić information content (AvgIpc) is 2.06. The molecule has 0 heterocycles. The molecule has 0 aliphatic carbocycles. The van der Waals surface area contributed by atoms with Gasteiger partial charge in [-0.15, -0.1) is 0 Å². The summed E-state index contributed by atoms with van der Waals surface area (Å²) in [6, 6.07) is 7.18. The van der Waals surface area contributed by atoms with E-state index in [0.717, 1.165) is 5.56 Å². The van der Waals surface area contributed by atoms with Crippen LogP contribution in [0, 0.1) is 6.92 Å². The van der Waals surface area contributed by atoms with Crippen LogP contribution in [0.2, 0.25) is 0 Å². The monoisotopic (exact) mass is 182 g/mol. The van der Waals surface area contributed by atoms with Crippen molar-refractivity contribution in [3.63, 3.8) is 0 Å². The molecule has 0 radical (unpaired) electrons. The summed E-state index contributed by atoms with van der Waals surface area (Å²) >= 11 is 0. The number of benzene rings is 1. The van der Waals surface area contributed by atoms with Gasteiger partial charge in [-0.05, 0) is 12.4 Å². The van der Waals surface area contributed by atoms with Gasteiger partial charge in [-0.25, -0.2) is 0 Å². The van der Waals surface area contributed by atoms with Crippen molar-refractivity contribution < 1.29 is 14.8 Å². The van der Waals surface area contributed by atoms with Crippen LogP contribution in [0.4, 0.5) is 0 Å². The van der Waals surface area contributed by atoms with Crippen LogP contribution < -0.4 is 5.46 Å². The molecular formula is C9H15BO3. The van der Waals surface area contributed by atoms with E-state index >= 15 is 0 Å². The van der Waals surface area contributed by atoms with E-state index in [2.05, 4.69) is 4.74 Å². The normalized spacial score (nSPS) is 8.69. The topological polar surface area (TPSA) is 49.7 Å². The van der Waals surface area contributed by atoms with Crippen LogP contribution in [0.5, 0.6) is 0 Å². The van der Waals surface area contributed by atoms with Crippen LogP contribution in [-0.2, 0) is 4.74 Å². The summed E-state index contributed by atoms with van der Waals surface area (Å²) in [5.41, 5.74) is 1.47. The van der Waals surface area contributed by atoms with Crippen molar-refractivity contribution in [2.45, 2.75) is 6.92 Å². The van der Waals surface area contributed by atoms with Gasteiger partial charge >= 0.3 is 7.12 Å². The highest BCUT2D eigenvalue weighted by Crippen LogP contribution is 1.92. The number of hydrogen-bond acceptors (Lipinski definition) is 3. The lowest BCUT2D eigenvalue weighted by Gasteiger charge is -2.01. The molecule has 0 aliphatic heterocycles. The number of hydrogen-bond donors (Lipinski definition) is 2. The van der Waals surface area contributed by atoms with E-state index in [0.29, 0.717) is 5.46 Å². The zero-order valence-electron chi connectivity index (χ0n) is 8.19. The highest BCUT2D eigenvalue weighted by atomic mass is 16.4. The molecule has 0 saturated carbocycles. The molecule has 72 valence electrons. The quantitative estimate of drug-likeness (QED) is 0.598. The molecule has 0 atom stereocenters. The van der Waals surface area contributed by atoms with Crippen molar-refractivity contribution in [1.82, 2.24) is 0 Å². The van der Waals surface area contributed by atoms with Crippen LogP contribution in [0.25, 0.3) is 0 Å². The van der Waals surface area contributed by atoms with Gasteiger partial charge < -0.3 is 14.8 Å². The standard InChI is InChI=1S/C7H9BO2.C2H6O/c1-6-4-2-3-5-7(6)8(9)10;1-3-2/h2-5,9-10H,1H3;1-2H3. The first-order valence-corrected chi connectivity index (χ1v) is 3.95. The zero-order valence-corrected chi connectivity index (χ0v) is 8.19. The Kier molecular flexibility index (Phi) is 6.23. The smallest absolute Gasteiger partial charge is 0.423 e. The van der Waals surface area contributed by atoms with Gasteiger partial charge in [0.2, 0.25) is 0 Å². The minimum Gasteiger partial charge on any atom is -0.423 e. The van der Waals surface area contributed by atoms with Crippen LogP contribution in [0.1, 0.15) is 5.56 Å². The van der Waals surface area contributed by atoms with Crippen LogP contribution in [0.3, 0.4) is 0 Å². The first-order chi connectivity index (χ1) is 6.13. The van der Waals surface area contributed by atoms with Crippen molar-refractivity contribution in [1.29, 1.82) is 0 Å². The molecule has 2 N–H and O–H groups in total. The predicted molar refractivity (Wildman–Crippen MR) is 53.9 cm³/mol. The van der Waals surface area contributed by atoms with Crippen LogP contribution in [-0.4, -0.2) is 31.4 Å². The SMILES string of the molecule is COC.Cc1ccccc1B(O)O. The Bertz CT molecular complexity index is 238. The second-order valence-corrected chi connectivity index (χ2v) is 2.64. The molecule has 0 aliphatic rings. The maximum absolute atomic E-state index is 8.76. The summed E-state index contributed by atoms with van der Waals surface area (Å²) < 4.78 is 4.25. The maximum atomic E-state index is 8.76. The minimum absolute atomic E-state index is 0.572. The average molecular weight is 182 g/mol. The number of ether oxygens (including phenoxy) is 1. The minimum atomic E-state index is -1.35. The van der Waals surface area contributed by atoms with E-state index in [1.165, 1.54) is 0 Å². The van der Waals surface area contributed by atoms with Gasteiger partial charge in [-0.2, -0.15) is 0 Å². The highest BCUT2D eigenvalue weighted by molar-refractivity contribution is 6.59. The molecule has 1 rings (SSSR count). The van der Waals surface area contributed by atoms with E-state index in [-0.39, 0.29) is 0 Å².